The monoisotopic (exact) mass is 421 g/mol. The Kier molecular flexibility index (Phi) is 5.48. The summed E-state index contributed by atoms with van der Waals surface area (Å²) in [7, 11) is 1.70. The van der Waals surface area contributed by atoms with Gasteiger partial charge in [0.15, 0.2) is 0 Å². The van der Waals surface area contributed by atoms with Crippen molar-refractivity contribution < 1.29 is 5.11 Å². The molecule has 0 fully saturated rings. The number of fused-ring (bicyclic) bond motifs is 1. The third-order valence-corrected chi connectivity index (χ3v) is 5.13. The van der Waals surface area contributed by atoms with E-state index in [9.17, 15) is 9.90 Å². The zero-order valence-electron chi connectivity index (χ0n) is 16.6. The predicted molar refractivity (Wildman–Crippen MR) is 119 cm³/mol. The SMILES string of the molecule is CNc1ncc2cc(-c3ccc(-c4cccc(C)n4)cc3Cl)c(=O)n(CCO)c2n1. The molecule has 0 radical (unpaired) electrons. The van der Waals surface area contributed by atoms with Crippen molar-refractivity contribution in [3.63, 3.8) is 0 Å². The number of anilines is 1. The van der Waals surface area contributed by atoms with Gasteiger partial charge in [0.1, 0.15) is 5.65 Å². The molecule has 4 rings (SSSR count). The van der Waals surface area contributed by atoms with E-state index in [0.717, 1.165) is 17.0 Å². The van der Waals surface area contributed by atoms with E-state index in [1.807, 2.05) is 37.3 Å². The van der Waals surface area contributed by atoms with Crippen molar-refractivity contribution in [2.75, 3.05) is 19.0 Å². The minimum Gasteiger partial charge on any atom is -0.395 e. The lowest BCUT2D eigenvalue weighted by atomic mass is 10.0. The lowest BCUT2D eigenvalue weighted by Crippen LogP contribution is -2.24. The van der Waals surface area contributed by atoms with Crippen molar-refractivity contribution in [1.29, 1.82) is 0 Å². The molecular weight excluding hydrogens is 402 g/mol. The van der Waals surface area contributed by atoms with Crippen molar-refractivity contribution in [3.8, 4) is 22.4 Å². The molecule has 4 aromatic rings. The van der Waals surface area contributed by atoms with Gasteiger partial charge in [-0.05, 0) is 31.2 Å². The molecule has 0 saturated heterocycles. The van der Waals surface area contributed by atoms with Gasteiger partial charge in [-0.2, -0.15) is 4.98 Å². The van der Waals surface area contributed by atoms with Crippen LogP contribution in [-0.2, 0) is 6.54 Å². The average Bonchev–Trinajstić information content (AvgIpc) is 2.75. The van der Waals surface area contributed by atoms with Gasteiger partial charge in [0.05, 0.1) is 18.8 Å². The molecule has 0 aliphatic carbocycles. The molecule has 0 aliphatic heterocycles. The Bertz CT molecular complexity index is 1300. The number of nitrogens with one attached hydrogen (secondary N) is 1. The highest BCUT2D eigenvalue weighted by atomic mass is 35.5. The third-order valence-electron chi connectivity index (χ3n) is 4.82. The molecule has 1 aromatic carbocycles. The maximum Gasteiger partial charge on any atom is 0.260 e. The van der Waals surface area contributed by atoms with Crippen LogP contribution in [-0.4, -0.2) is 38.3 Å². The number of nitrogens with zero attached hydrogens (tertiary/aromatic N) is 4. The molecule has 0 spiro atoms. The summed E-state index contributed by atoms with van der Waals surface area (Å²) in [6.45, 7) is 1.86. The molecule has 0 bridgehead atoms. The maximum atomic E-state index is 13.2. The fourth-order valence-corrected chi connectivity index (χ4v) is 3.66. The van der Waals surface area contributed by atoms with E-state index in [2.05, 4.69) is 20.3 Å². The fraction of sp³-hybridized carbons (Fsp3) is 0.182. The number of hydrogen-bond donors (Lipinski definition) is 2. The van der Waals surface area contributed by atoms with E-state index in [0.29, 0.717) is 33.1 Å². The van der Waals surface area contributed by atoms with Crippen LogP contribution < -0.4 is 10.9 Å². The number of hydrogen-bond acceptors (Lipinski definition) is 6. The Morgan fingerprint density at radius 3 is 2.67 bits per heavy atom. The Morgan fingerprint density at radius 1 is 1.13 bits per heavy atom. The van der Waals surface area contributed by atoms with Crippen molar-refractivity contribution >= 4 is 28.6 Å². The highest BCUT2D eigenvalue weighted by Crippen LogP contribution is 2.31. The minimum atomic E-state index is -0.277. The first kappa shape index (κ1) is 20.0. The summed E-state index contributed by atoms with van der Waals surface area (Å²) < 4.78 is 1.44. The van der Waals surface area contributed by atoms with Gasteiger partial charge in [0.2, 0.25) is 5.95 Å². The first-order valence-corrected chi connectivity index (χ1v) is 9.83. The van der Waals surface area contributed by atoms with Gasteiger partial charge in [-0.25, -0.2) is 4.98 Å². The van der Waals surface area contributed by atoms with E-state index in [1.54, 1.807) is 25.4 Å². The molecule has 30 heavy (non-hydrogen) atoms. The number of pyridine rings is 2. The largest absolute Gasteiger partial charge is 0.395 e. The van der Waals surface area contributed by atoms with Gasteiger partial charge in [-0.1, -0.05) is 29.8 Å². The second-order valence-electron chi connectivity index (χ2n) is 6.82. The lowest BCUT2D eigenvalue weighted by molar-refractivity contribution is 0.276. The van der Waals surface area contributed by atoms with Crippen LogP contribution in [0.15, 0.2) is 53.5 Å². The topological polar surface area (TPSA) is 92.9 Å². The van der Waals surface area contributed by atoms with Crippen LogP contribution in [0, 0.1) is 6.92 Å². The number of aromatic nitrogens is 4. The van der Waals surface area contributed by atoms with Crippen LogP contribution in [0.4, 0.5) is 5.95 Å². The quantitative estimate of drug-likeness (QED) is 0.512. The Labute approximate surface area is 178 Å². The zero-order chi connectivity index (χ0) is 21.3. The predicted octanol–water partition coefficient (Wildman–Crippen LogP) is 3.52. The first-order chi connectivity index (χ1) is 14.5. The number of aryl methyl sites for hydroxylation is 1. The van der Waals surface area contributed by atoms with Gasteiger partial charge < -0.3 is 10.4 Å². The third kappa shape index (κ3) is 3.65. The molecule has 7 nitrogen and oxygen atoms in total. The van der Waals surface area contributed by atoms with Crippen LogP contribution in [0.5, 0.6) is 0 Å². The lowest BCUT2D eigenvalue weighted by Gasteiger charge is -2.13. The summed E-state index contributed by atoms with van der Waals surface area (Å²) in [5, 5.41) is 13.5. The van der Waals surface area contributed by atoms with Crippen molar-refractivity contribution in [2.45, 2.75) is 13.5 Å². The highest BCUT2D eigenvalue weighted by molar-refractivity contribution is 6.33. The first-order valence-electron chi connectivity index (χ1n) is 9.45. The fourth-order valence-electron chi connectivity index (χ4n) is 3.38. The Hall–Kier alpha value is -3.29. The second kappa shape index (κ2) is 8.22. The van der Waals surface area contributed by atoms with E-state index in [-0.39, 0.29) is 18.7 Å². The number of rotatable bonds is 5. The highest BCUT2D eigenvalue weighted by Gasteiger charge is 2.16. The number of aliphatic hydroxyl groups excluding tert-OH is 1. The van der Waals surface area contributed by atoms with E-state index in [1.165, 1.54) is 4.57 Å². The summed E-state index contributed by atoms with van der Waals surface area (Å²) in [5.41, 5.74) is 3.79. The number of halogens is 1. The van der Waals surface area contributed by atoms with Crippen LogP contribution in [0.1, 0.15) is 5.69 Å². The molecule has 0 unspecified atom stereocenters. The van der Waals surface area contributed by atoms with E-state index < -0.39 is 0 Å². The molecule has 3 aromatic heterocycles. The van der Waals surface area contributed by atoms with Crippen LogP contribution in [0.25, 0.3) is 33.4 Å². The molecule has 0 saturated carbocycles. The summed E-state index contributed by atoms with van der Waals surface area (Å²) in [6.07, 6.45) is 1.64. The zero-order valence-corrected chi connectivity index (χ0v) is 17.3. The molecule has 3 heterocycles. The summed E-state index contributed by atoms with van der Waals surface area (Å²) in [6, 6.07) is 13.0. The second-order valence-corrected chi connectivity index (χ2v) is 7.23. The normalized spacial score (nSPS) is 11.1. The molecule has 0 atom stereocenters. The number of aliphatic hydroxyl groups is 1. The standard InChI is InChI=1S/C22H20ClN5O2/c1-13-4-3-5-19(26-13)14-6-7-16(18(23)11-14)17-10-15-12-25-22(24-2)27-20(15)28(8-9-29)21(17)30/h3-7,10-12,29H,8-9H2,1-2H3,(H,24,25,27). The molecule has 2 N–H and O–H groups in total. The summed E-state index contributed by atoms with van der Waals surface area (Å²) >= 11 is 6.59. The van der Waals surface area contributed by atoms with Crippen molar-refractivity contribution in [2.24, 2.45) is 0 Å². The van der Waals surface area contributed by atoms with Crippen LogP contribution in [0.3, 0.4) is 0 Å². The molecule has 0 amide bonds. The van der Waals surface area contributed by atoms with E-state index >= 15 is 0 Å². The molecule has 0 aliphatic rings. The summed E-state index contributed by atoms with van der Waals surface area (Å²) in [5.74, 6) is 0.398. The van der Waals surface area contributed by atoms with Gasteiger partial charge in [0.25, 0.3) is 5.56 Å². The van der Waals surface area contributed by atoms with Gasteiger partial charge in [-0.3, -0.25) is 14.3 Å². The molecule has 8 heteroatoms. The van der Waals surface area contributed by atoms with Crippen molar-refractivity contribution in [1.82, 2.24) is 19.5 Å². The van der Waals surface area contributed by atoms with E-state index in [4.69, 9.17) is 11.6 Å². The van der Waals surface area contributed by atoms with Crippen LogP contribution in [0.2, 0.25) is 5.02 Å². The van der Waals surface area contributed by atoms with Crippen molar-refractivity contribution in [3.05, 3.63) is 69.7 Å². The number of benzene rings is 1. The smallest absolute Gasteiger partial charge is 0.260 e. The average molecular weight is 422 g/mol. The van der Waals surface area contributed by atoms with Crippen LogP contribution >= 0.6 is 11.6 Å². The Balaban J connectivity index is 1.89. The summed E-state index contributed by atoms with van der Waals surface area (Å²) in [4.78, 5) is 26.4. The Morgan fingerprint density at radius 2 is 1.97 bits per heavy atom. The van der Waals surface area contributed by atoms with Gasteiger partial charge in [-0.15, -0.1) is 0 Å². The minimum absolute atomic E-state index is 0.117. The maximum absolute atomic E-state index is 13.2. The van der Waals surface area contributed by atoms with Gasteiger partial charge in [0, 0.05) is 46.0 Å². The molecule has 152 valence electrons. The van der Waals surface area contributed by atoms with Gasteiger partial charge >= 0.3 is 0 Å². The molecular formula is C22H20ClN5O2.